The largest absolute Gasteiger partial charge is 0.352 e. The van der Waals surface area contributed by atoms with Gasteiger partial charge in [-0.1, -0.05) is 0 Å². The summed E-state index contributed by atoms with van der Waals surface area (Å²) in [7, 11) is 0. The van der Waals surface area contributed by atoms with Crippen LogP contribution in [0.4, 0.5) is 5.82 Å². The molecule has 0 radical (unpaired) electrons. The lowest BCUT2D eigenvalue weighted by Crippen LogP contribution is -2.37. The number of hydrogen-bond acceptors (Lipinski definition) is 6. The van der Waals surface area contributed by atoms with Gasteiger partial charge in [0, 0.05) is 31.2 Å². The van der Waals surface area contributed by atoms with E-state index in [4.69, 9.17) is 5.26 Å². The standard InChI is InChI=1S/C18H17N7O/c19-10-14-3-4-16(21-11-14)24-8-1-2-15(24)12-25-18(26)6-5-17(22-25)23-9-7-20-13-23/h3-7,9,11,13,15H,1-2,8,12H2. The fourth-order valence-corrected chi connectivity index (χ4v) is 3.25. The monoisotopic (exact) mass is 347 g/mol. The minimum Gasteiger partial charge on any atom is -0.352 e. The van der Waals surface area contributed by atoms with Crippen LogP contribution in [-0.4, -0.2) is 36.9 Å². The predicted molar refractivity (Wildman–Crippen MR) is 94.9 cm³/mol. The Labute approximate surface area is 150 Å². The number of hydrogen-bond donors (Lipinski definition) is 0. The van der Waals surface area contributed by atoms with Crippen molar-refractivity contribution in [3.05, 3.63) is 65.1 Å². The molecule has 3 aromatic rings. The average molecular weight is 347 g/mol. The summed E-state index contributed by atoms with van der Waals surface area (Å²) in [5.74, 6) is 1.48. The summed E-state index contributed by atoms with van der Waals surface area (Å²) in [4.78, 5) is 22.8. The van der Waals surface area contributed by atoms with Crippen LogP contribution in [0.5, 0.6) is 0 Å². The molecular weight excluding hydrogens is 330 g/mol. The molecule has 8 nitrogen and oxygen atoms in total. The van der Waals surface area contributed by atoms with E-state index in [1.807, 2.05) is 6.07 Å². The highest BCUT2D eigenvalue weighted by Crippen LogP contribution is 2.24. The molecule has 1 atom stereocenters. The molecule has 1 unspecified atom stereocenters. The van der Waals surface area contributed by atoms with Crippen LogP contribution < -0.4 is 10.5 Å². The van der Waals surface area contributed by atoms with Crippen LogP contribution in [-0.2, 0) is 6.54 Å². The molecule has 0 aliphatic carbocycles. The van der Waals surface area contributed by atoms with Gasteiger partial charge >= 0.3 is 0 Å². The third kappa shape index (κ3) is 3.07. The summed E-state index contributed by atoms with van der Waals surface area (Å²) in [6.07, 6.45) is 8.69. The van der Waals surface area contributed by atoms with E-state index >= 15 is 0 Å². The SMILES string of the molecule is N#Cc1ccc(N2CCCC2Cn2nc(-n3ccnc3)ccc2=O)nc1. The van der Waals surface area contributed by atoms with Crippen molar-refractivity contribution in [2.45, 2.75) is 25.4 Å². The molecule has 0 amide bonds. The second-order valence-corrected chi connectivity index (χ2v) is 6.19. The second-order valence-electron chi connectivity index (χ2n) is 6.19. The van der Waals surface area contributed by atoms with Gasteiger partial charge in [0.1, 0.15) is 18.2 Å². The quantitative estimate of drug-likeness (QED) is 0.708. The van der Waals surface area contributed by atoms with Crippen LogP contribution in [0.3, 0.4) is 0 Å². The van der Waals surface area contributed by atoms with Crippen LogP contribution in [0.25, 0.3) is 5.82 Å². The van der Waals surface area contributed by atoms with Gasteiger partial charge in [-0.25, -0.2) is 14.6 Å². The Morgan fingerprint density at radius 2 is 2.12 bits per heavy atom. The molecule has 0 bridgehead atoms. The Bertz CT molecular complexity index is 986. The molecule has 26 heavy (non-hydrogen) atoms. The number of imidazole rings is 1. The first-order chi connectivity index (χ1) is 12.7. The van der Waals surface area contributed by atoms with Crippen molar-refractivity contribution in [2.24, 2.45) is 0 Å². The molecule has 0 saturated carbocycles. The number of nitrogens with zero attached hydrogens (tertiary/aromatic N) is 7. The van der Waals surface area contributed by atoms with Crippen molar-refractivity contribution < 1.29 is 0 Å². The fourth-order valence-electron chi connectivity index (χ4n) is 3.25. The summed E-state index contributed by atoms with van der Waals surface area (Å²) in [5, 5.41) is 13.4. The molecule has 0 aromatic carbocycles. The molecule has 1 saturated heterocycles. The summed E-state index contributed by atoms with van der Waals surface area (Å²) < 4.78 is 3.27. The van der Waals surface area contributed by atoms with Gasteiger partial charge < -0.3 is 4.90 Å². The lowest BCUT2D eigenvalue weighted by Gasteiger charge is -2.26. The number of rotatable bonds is 4. The van der Waals surface area contributed by atoms with Gasteiger partial charge in [-0.15, -0.1) is 0 Å². The van der Waals surface area contributed by atoms with Crippen LogP contribution in [0, 0.1) is 11.3 Å². The van der Waals surface area contributed by atoms with Gasteiger partial charge in [0.25, 0.3) is 5.56 Å². The highest BCUT2D eigenvalue weighted by molar-refractivity contribution is 5.43. The molecular formula is C18H17N7O. The van der Waals surface area contributed by atoms with Crippen molar-refractivity contribution in [3.8, 4) is 11.9 Å². The number of pyridine rings is 1. The summed E-state index contributed by atoms with van der Waals surface area (Å²) in [6.45, 7) is 1.36. The van der Waals surface area contributed by atoms with Crippen molar-refractivity contribution in [3.63, 3.8) is 0 Å². The molecule has 1 aliphatic heterocycles. The van der Waals surface area contributed by atoms with E-state index in [2.05, 4.69) is 26.0 Å². The highest BCUT2D eigenvalue weighted by atomic mass is 16.1. The fraction of sp³-hybridized carbons (Fsp3) is 0.278. The molecule has 3 aromatic heterocycles. The minimum atomic E-state index is -0.131. The zero-order valence-electron chi connectivity index (χ0n) is 14.1. The number of aromatic nitrogens is 5. The maximum absolute atomic E-state index is 12.3. The van der Waals surface area contributed by atoms with E-state index in [1.54, 1.807) is 41.6 Å². The molecule has 4 rings (SSSR count). The third-order valence-corrected chi connectivity index (χ3v) is 4.55. The predicted octanol–water partition coefficient (Wildman–Crippen LogP) is 1.36. The number of anilines is 1. The maximum Gasteiger partial charge on any atom is 0.266 e. The summed E-state index contributed by atoms with van der Waals surface area (Å²) >= 11 is 0. The van der Waals surface area contributed by atoms with Crippen molar-refractivity contribution in [1.29, 1.82) is 5.26 Å². The lowest BCUT2D eigenvalue weighted by molar-refractivity contribution is 0.484. The van der Waals surface area contributed by atoms with Crippen LogP contribution in [0.2, 0.25) is 0 Å². The van der Waals surface area contributed by atoms with Crippen LogP contribution in [0.1, 0.15) is 18.4 Å². The lowest BCUT2D eigenvalue weighted by atomic mass is 10.2. The van der Waals surface area contributed by atoms with Gasteiger partial charge in [-0.3, -0.25) is 9.36 Å². The first-order valence-corrected chi connectivity index (χ1v) is 8.44. The molecule has 8 heteroatoms. The molecule has 4 heterocycles. The van der Waals surface area contributed by atoms with Crippen molar-refractivity contribution in [2.75, 3.05) is 11.4 Å². The molecule has 0 spiro atoms. The third-order valence-electron chi connectivity index (χ3n) is 4.55. The first kappa shape index (κ1) is 16.0. The molecule has 1 aliphatic rings. The Kier molecular flexibility index (Phi) is 4.19. The highest BCUT2D eigenvalue weighted by Gasteiger charge is 2.26. The van der Waals surface area contributed by atoms with Gasteiger partial charge in [0.15, 0.2) is 5.82 Å². The van der Waals surface area contributed by atoms with E-state index in [-0.39, 0.29) is 11.6 Å². The van der Waals surface area contributed by atoms with Gasteiger partial charge in [0.2, 0.25) is 0 Å². The second kappa shape index (κ2) is 6.80. The minimum absolute atomic E-state index is 0.131. The molecule has 1 fully saturated rings. The number of nitriles is 1. The van der Waals surface area contributed by atoms with Crippen LogP contribution >= 0.6 is 0 Å². The van der Waals surface area contributed by atoms with E-state index in [9.17, 15) is 4.79 Å². The Hall–Kier alpha value is -3.47. The summed E-state index contributed by atoms with van der Waals surface area (Å²) in [6, 6.07) is 9.06. The van der Waals surface area contributed by atoms with Crippen LogP contribution in [0.15, 0.2) is 54.0 Å². The Morgan fingerprint density at radius 1 is 1.23 bits per heavy atom. The molecule has 0 N–H and O–H groups in total. The van der Waals surface area contributed by atoms with E-state index < -0.39 is 0 Å². The van der Waals surface area contributed by atoms with E-state index in [0.29, 0.717) is 17.9 Å². The first-order valence-electron chi connectivity index (χ1n) is 8.44. The average Bonchev–Trinajstić information content (AvgIpc) is 3.36. The van der Waals surface area contributed by atoms with E-state index in [1.165, 1.54) is 10.7 Å². The molecule has 130 valence electrons. The Morgan fingerprint density at radius 3 is 2.85 bits per heavy atom. The van der Waals surface area contributed by atoms with Gasteiger partial charge in [-0.2, -0.15) is 10.4 Å². The van der Waals surface area contributed by atoms with Gasteiger partial charge in [0.05, 0.1) is 18.2 Å². The topological polar surface area (TPSA) is 92.6 Å². The zero-order chi connectivity index (χ0) is 17.9. The Balaban J connectivity index is 1.59. The van der Waals surface area contributed by atoms with Gasteiger partial charge in [-0.05, 0) is 31.0 Å². The van der Waals surface area contributed by atoms with Crippen molar-refractivity contribution >= 4 is 5.82 Å². The van der Waals surface area contributed by atoms with E-state index in [0.717, 1.165) is 25.2 Å². The van der Waals surface area contributed by atoms with Crippen molar-refractivity contribution in [1.82, 2.24) is 24.3 Å². The summed E-state index contributed by atoms with van der Waals surface area (Å²) in [5.41, 5.74) is 0.406. The maximum atomic E-state index is 12.3. The normalized spacial score (nSPS) is 16.6. The zero-order valence-corrected chi connectivity index (χ0v) is 14.1. The smallest absolute Gasteiger partial charge is 0.266 e.